The van der Waals surface area contributed by atoms with Crippen LogP contribution in [0.25, 0.3) is 0 Å². The zero-order valence-electron chi connectivity index (χ0n) is 14.9. The van der Waals surface area contributed by atoms with E-state index < -0.39 is 20.6 Å². The first-order chi connectivity index (χ1) is 12.8. The highest BCUT2D eigenvalue weighted by Gasteiger charge is 2.36. The third-order valence-corrected chi connectivity index (χ3v) is 6.96. The number of piperidine rings is 1. The number of nitro benzene ring substituents is 1. The van der Waals surface area contributed by atoms with Gasteiger partial charge in [0.1, 0.15) is 0 Å². The van der Waals surface area contributed by atoms with Crippen LogP contribution >= 0.6 is 0 Å². The molecule has 2 aromatic rings. The number of hydrogen-bond acceptors (Lipinski definition) is 5. The minimum Gasteiger partial charge on any atom is -0.294 e. The van der Waals surface area contributed by atoms with Crippen LogP contribution in [0.15, 0.2) is 53.4 Å². The van der Waals surface area contributed by atoms with E-state index in [0.717, 1.165) is 0 Å². The van der Waals surface area contributed by atoms with Gasteiger partial charge in [-0.3, -0.25) is 14.9 Å². The van der Waals surface area contributed by atoms with Crippen LogP contribution < -0.4 is 0 Å². The van der Waals surface area contributed by atoms with Gasteiger partial charge in [-0.15, -0.1) is 0 Å². The zero-order chi connectivity index (χ0) is 19.6. The molecular weight excluding hydrogens is 368 g/mol. The standard InChI is InChI=1S/C19H20N2O5S/c1-14-6-5-9-17(21(23)24)19(14)27(25,26)20-12-10-16(11-13-20)18(22)15-7-3-2-4-8-15/h2-9,16H,10-13H2,1H3. The second-order valence-electron chi connectivity index (χ2n) is 6.59. The summed E-state index contributed by atoms with van der Waals surface area (Å²) in [6, 6.07) is 13.1. The zero-order valence-corrected chi connectivity index (χ0v) is 15.7. The van der Waals surface area contributed by atoms with Gasteiger partial charge in [0, 0.05) is 30.6 Å². The SMILES string of the molecule is Cc1cccc([N+](=O)[O-])c1S(=O)(=O)N1CCC(C(=O)c2ccccc2)CC1. The van der Waals surface area contributed by atoms with Gasteiger partial charge in [0.2, 0.25) is 10.0 Å². The first kappa shape index (κ1) is 19.2. The predicted octanol–water partition coefficient (Wildman–Crippen LogP) is 3.19. The molecule has 0 spiro atoms. The number of nitro groups is 1. The van der Waals surface area contributed by atoms with Crippen LogP contribution in [-0.4, -0.2) is 36.5 Å². The van der Waals surface area contributed by atoms with Crippen LogP contribution in [0, 0.1) is 23.0 Å². The number of nitrogens with zero attached hydrogens (tertiary/aromatic N) is 2. The number of Topliss-reactive ketones (excluding diaryl/α,β-unsaturated/α-hetero) is 1. The van der Waals surface area contributed by atoms with Crippen molar-refractivity contribution in [3.63, 3.8) is 0 Å². The Balaban J connectivity index is 1.80. The maximum absolute atomic E-state index is 13.0. The summed E-state index contributed by atoms with van der Waals surface area (Å²) < 4.78 is 27.3. The Kier molecular flexibility index (Phi) is 5.38. The quantitative estimate of drug-likeness (QED) is 0.445. The largest absolute Gasteiger partial charge is 0.294 e. The number of rotatable bonds is 5. The lowest BCUT2D eigenvalue weighted by Gasteiger charge is -2.30. The first-order valence-electron chi connectivity index (χ1n) is 8.66. The predicted molar refractivity (Wildman–Crippen MR) is 100 cm³/mol. The molecule has 0 unspecified atom stereocenters. The molecule has 0 N–H and O–H groups in total. The lowest BCUT2D eigenvalue weighted by molar-refractivity contribution is -0.387. The second kappa shape index (κ2) is 7.58. The second-order valence-corrected chi connectivity index (χ2v) is 8.46. The minimum atomic E-state index is -4.00. The smallest absolute Gasteiger partial charge is 0.289 e. The van der Waals surface area contributed by atoms with Crippen LogP contribution in [-0.2, 0) is 10.0 Å². The van der Waals surface area contributed by atoms with Gasteiger partial charge < -0.3 is 0 Å². The van der Waals surface area contributed by atoms with Crippen molar-refractivity contribution < 1.29 is 18.1 Å². The van der Waals surface area contributed by atoms with Crippen molar-refractivity contribution in [1.29, 1.82) is 0 Å². The van der Waals surface area contributed by atoms with E-state index in [1.165, 1.54) is 16.4 Å². The maximum Gasteiger partial charge on any atom is 0.289 e. The fourth-order valence-electron chi connectivity index (χ4n) is 3.44. The first-order valence-corrected chi connectivity index (χ1v) is 10.1. The summed E-state index contributed by atoms with van der Waals surface area (Å²) in [7, 11) is -4.00. The van der Waals surface area contributed by atoms with Gasteiger partial charge in [0.15, 0.2) is 10.7 Å². The Labute approximate surface area is 157 Å². The van der Waals surface area contributed by atoms with Crippen LogP contribution in [0.2, 0.25) is 0 Å². The Morgan fingerprint density at radius 3 is 2.30 bits per heavy atom. The van der Waals surface area contributed by atoms with Gasteiger partial charge in [-0.1, -0.05) is 42.5 Å². The van der Waals surface area contributed by atoms with Gasteiger partial charge in [0.25, 0.3) is 5.69 Å². The summed E-state index contributed by atoms with van der Waals surface area (Å²) in [5.41, 5.74) is 0.539. The van der Waals surface area contributed by atoms with E-state index in [1.54, 1.807) is 37.3 Å². The molecule has 0 atom stereocenters. The third kappa shape index (κ3) is 3.77. The van der Waals surface area contributed by atoms with E-state index >= 15 is 0 Å². The van der Waals surface area contributed by atoms with Crippen molar-refractivity contribution in [2.45, 2.75) is 24.7 Å². The van der Waals surface area contributed by atoms with E-state index in [4.69, 9.17) is 0 Å². The molecule has 7 nitrogen and oxygen atoms in total. The Morgan fingerprint density at radius 1 is 1.07 bits per heavy atom. The van der Waals surface area contributed by atoms with Gasteiger partial charge in [-0.2, -0.15) is 4.31 Å². The summed E-state index contributed by atoms with van der Waals surface area (Å²) in [4.78, 5) is 22.9. The monoisotopic (exact) mass is 388 g/mol. The van der Waals surface area contributed by atoms with Crippen molar-refractivity contribution in [2.24, 2.45) is 5.92 Å². The van der Waals surface area contributed by atoms with Gasteiger partial charge in [0.05, 0.1) is 4.92 Å². The highest BCUT2D eigenvalue weighted by atomic mass is 32.2. The van der Waals surface area contributed by atoms with Gasteiger partial charge in [-0.25, -0.2) is 8.42 Å². The van der Waals surface area contributed by atoms with E-state index in [1.807, 2.05) is 6.07 Å². The maximum atomic E-state index is 13.0. The molecule has 27 heavy (non-hydrogen) atoms. The third-order valence-electron chi connectivity index (χ3n) is 4.87. The summed E-state index contributed by atoms with van der Waals surface area (Å²) in [5, 5.41) is 11.3. The van der Waals surface area contributed by atoms with E-state index in [2.05, 4.69) is 0 Å². The van der Waals surface area contributed by atoms with Crippen LogP contribution in [0.3, 0.4) is 0 Å². The van der Waals surface area contributed by atoms with Gasteiger partial charge in [-0.05, 0) is 25.3 Å². The van der Waals surface area contributed by atoms with Crippen LogP contribution in [0.4, 0.5) is 5.69 Å². The average Bonchev–Trinajstić information content (AvgIpc) is 2.67. The lowest BCUT2D eigenvalue weighted by atomic mass is 9.90. The molecule has 3 rings (SSSR count). The molecule has 1 heterocycles. The highest BCUT2D eigenvalue weighted by molar-refractivity contribution is 7.89. The van der Waals surface area contributed by atoms with Crippen LogP contribution in [0.1, 0.15) is 28.8 Å². The molecule has 0 aromatic heterocycles. The number of benzene rings is 2. The minimum absolute atomic E-state index is 0.00881. The molecule has 0 amide bonds. The molecule has 1 saturated heterocycles. The molecule has 1 aliphatic rings. The van der Waals surface area contributed by atoms with Gasteiger partial charge >= 0.3 is 0 Å². The molecule has 0 bridgehead atoms. The Bertz CT molecular complexity index is 965. The number of aryl methyl sites for hydroxylation is 1. The fraction of sp³-hybridized carbons (Fsp3) is 0.316. The molecule has 2 aromatic carbocycles. The number of sulfonamides is 1. The van der Waals surface area contributed by atoms with Crippen molar-refractivity contribution in [3.8, 4) is 0 Å². The van der Waals surface area contributed by atoms with Crippen LogP contribution in [0.5, 0.6) is 0 Å². The number of carbonyl (C=O) groups is 1. The number of carbonyl (C=O) groups excluding carboxylic acids is 1. The van der Waals surface area contributed by atoms with E-state index in [-0.39, 0.29) is 29.7 Å². The molecular formula is C19H20N2O5S. The summed E-state index contributed by atoms with van der Waals surface area (Å²) in [5.74, 6) is -0.236. The van der Waals surface area contributed by atoms with Crippen molar-refractivity contribution in [2.75, 3.05) is 13.1 Å². The van der Waals surface area contributed by atoms with E-state index in [9.17, 15) is 23.3 Å². The van der Waals surface area contributed by atoms with E-state index in [0.29, 0.717) is 24.0 Å². The Hall–Kier alpha value is -2.58. The molecule has 1 aliphatic heterocycles. The van der Waals surface area contributed by atoms with Crippen molar-refractivity contribution >= 4 is 21.5 Å². The number of ketones is 1. The number of hydrogen-bond donors (Lipinski definition) is 0. The molecule has 0 radical (unpaired) electrons. The summed E-state index contributed by atoms with van der Waals surface area (Å²) in [6.45, 7) is 1.87. The van der Waals surface area contributed by atoms with Crippen molar-refractivity contribution in [3.05, 3.63) is 69.8 Å². The van der Waals surface area contributed by atoms with Crippen molar-refractivity contribution in [1.82, 2.24) is 4.31 Å². The lowest BCUT2D eigenvalue weighted by Crippen LogP contribution is -2.40. The molecule has 8 heteroatoms. The highest BCUT2D eigenvalue weighted by Crippen LogP contribution is 2.32. The topological polar surface area (TPSA) is 97.6 Å². The normalized spacial score (nSPS) is 16.2. The fourth-order valence-corrected chi connectivity index (χ4v) is 5.27. The molecule has 0 saturated carbocycles. The average molecular weight is 388 g/mol. The summed E-state index contributed by atoms with van der Waals surface area (Å²) in [6.07, 6.45) is 0.791. The molecule has 0 aliphatic carbocycles. The summed E-state index contributed by atoms with van der Waals surface area (Å²) >= 11 is 0. The Morgan fingerprint density at radius 2 is 1.70 bits per heavy atom. The molecule has 1 fully saturated rings. The molecule has 142 valence electrons.